The first-order valence-electron chi connectivity index (χ1n) is 7.92. The number of carboxylic acid groups (broad SMARTS) is 1. The predicted molar refractivity (Wildman–Crippen MR) is 91.2 cm³/mol. The molecule has 0 bridgehead atoms. The molecular formula is C17H18N2O5S. The van der Waals surface area contributed by atoms with E-state index in [9.17, 15) is 9.59 Å². The van der Waals surface area contributed by atoms with Gasteiger partial charge in [-0.15, -0.1) is 11.3 Å². The third kappa shape index (κ3) is 4.77. The number of hydrogen-bond donors (Lipinski definition) is 2. The summed E-state index contributed by atoms with van der Waals surface area (Å²) in [6.07, 6.45) is 2.23. The number of thiazole rings is 1. The highest BCUT2D eigenvalue weighted by Crippen LogP contribution is 2.17. The number of hydrogen-bond acceptors (Lipinski definition) is 6. The molecule has 8 heteroatoms. The van der Waals surface area contributed by atoms with Crippen molar-refractivity contribution in [3.63, 3.8) is 0 Å². The van der Waals surface area contributed by atoms with Crippen molar-refractivity contribution in [2.45, 2.75) is 25.5 Å². The SMILES string of the molecule is O=C(NCc1nc(C(=O)O)cs1)c1ccc(OC[C@@H]2CCCO2)cc1. The van der Waals surface area contributed by atoms with E-state index in [1.165, 1.54) is 16.7 Å². The number of ether oxygens (including phenoxy) is 2. The fourth-order valence-electron chi connectivity index (χ4n) is 2.42. The van der Waals surface area contributed by atoms with E-state index in [0.717, 1.165) is 19.4 Å². The number of benzene rings is 1. The van der Waals surface area contributed by atoms with Crippen molar-refractivity contribution in [2.75, 3.05) is 13.2 Å². The predicted octanol–water partition coefficient (Wildman–Crippen LogP) is 2.33. The maximum Gasteiger partial charge on any atom is 0.355 e. The molecule has 2 heterocycles. The fourth-order valence-corrected chi connectivity index (χ4v) is 3.12. The zero-order chi connectivity index (χ0) is 17.6. The van der Waals surface area contributed by atoms with Crippen LogP contribution < -0.4 is 10.1 Å². The largest absolute Gasteiger partial charge is 0.491 e. The third-order valence-electron chi connectivity index (χ3n) is 3.75. The van der Waals surface area contributed by atoms with Gasteiger partial charge in [0.15, 0.2) is 5.69 Å². The summed E-state index contributed by atoms with van der Waals surface area (Å²) in [5.41, 5.74) is 0.487. The summed E-state index contributed by atoms with van der Waals surface area (Å²) in [5, 5.41) is 13.5. The zero-order valence-electron chi connectivity index (χ0n) is 13.4. The molecule has 3 rings (SSSR count). The molecule has 7 nitrogen and oxygen atoms in total. The Morgan fingerprint density at radius 2 is 2.16 bits per heavy atom. The molecule has 1 fully saturated rings. The first kappa shape index (κ1) is 17.4. The van der Waals surface area contributed by atoms with Crippen molar-refractivity contribution in [1.29, 1.82) is 0 Å². The molecule has 2 aromatic rings. The highest BCUT2D eigenvalue weighted by molar-refractivity contribution is 7.09. The van der Waals surface area contributed by atoms with Gasteiger partial charge < -0.3 is 19.9 Å². The van der Waals surface area contributed by atoms with Gasteiger partial charge in [-0.25, -0.2) is 9.78 Å². The van der Waals surface area contributed by atoms with Crippen LogP contribution in [0, 0.1) is 0 Å². The molecule has 1 aliphatic rings. The van der Waals surface area contributed by atoms with Gasteiger partial charge in [0.05, 0.1) is 12.6 Å². The summed E-state index contributed by atoms with van der Waals surface area (Å²) in [4.78, 5) is 26.8. The second-order valence-corrected chi connectivity index (χ2v) is 6.53. The number of nitrogens with zero attached hydrogens (tertiary/aromatic N) is 1. The Bertz CT molecular complexity index is 738. The molecule has 0 spiro atoms. The number of nitrogens with one attached hydrogen (secondary N) is 1. The van der Waals surface area contributed by atoms with Gasteiger partial charge in [-0.1, -0.05) is 0 Å². The average molecular weight is 362 g/mol. The molecular weight excluding hydrogens is 344 g/mol. The lowest BCUT2D eigenvalue weighted by Gasteiger charge is -2.11. The minimum Gasteiger partial charge on any atom is -0.491 e. The topological polar surface area (TPSA) is 97.8 Å². The molecule has 0 aliphatic carbocycles. The standard InChI is InChI=1S/C17H18N2O5S/c20-16(18-8-15-19-14(10-25-15)17(21)22)11-3-5-12(6-4-11)24-9-13-2-1-7-23-13/h3-6,10,13H,1-2,7-9H2,(H,18,20)(H,21,22)/t13-/m0/s1. The third-order valence-corrected chi connectivity index (χ3v) is 4.60. The molecule has 1 saturated heterocycles. The fraction of sp³-hybridized carbons (Fsp3) is 0.353. The summed E-state index contributed by atoms with van der Waals surface area (Å²) in [7, 11) is 0. The van der Waals surface area contributed by atoms with Crippen LogP contribution in [0.3, 0.4) is 0 Å². The Morgan fingerprint density at radius 1 is 1.36 bits per heavy atom. The van der Waals surface area contributed by atoms with Gasteiger partial charge in [0.1, 0.15) is 17.4 Å². The molecule has 25 heavy (non-hydrogen) atoms. The van der Waals surface area contributed by atoms with E-state index in [4.69, 9.17) is 14.6 Å². The minimum absolute atomic E-state index is 0.0120. The van der Waals surface area contributed by atoms with Gasteiger partial charge in [-0.05, 0) is 37.1 Å². The minimum atomic E-state index is -1.08. The Kier molecular flexibility index (Phi) is 5.62. The van der Waals surface area contributed by atoms with Crippen LogP contribution in [0.5, 0.6) is 5.75 Å². The molecule has 1 aliphatic heterocycles. The number of carbonyl (C=O) groups excluding carboxylic acids is 1. The first-order valence-corrected chi connectivity index (χ1v) is 8.80. The van der Waals surface area contributed by atoms with Gasteiger partial charge >= 0.3 is 5.97 Å². The average Bonchev–Trinajstić information content (AvgIpc) is 3.30. The Balaban J connectivity index is 1.48. The maximum atomic E-state index is 12.1. The van der Waals surface area contributed by atoms with Crippen LogP contribution >= 0.6 is 11.3 Å². The Labute approximate surface area is 148 Å². The van der Waals surface area contributed by atoms with Crippen LogP contribution in [0.25, 0.3) is 0 Å². The van der Waals surface area contributed by atoms with E-state index in [-0.39, 0.29) is 24.2 Å². The summed E-state index contributed by atoms with van der Waals surface area (Å²) in [6.45, 7) is 1.50. The molecule has 132 valence electrons. The highest BCUT2D eigenvalue weighted by Gasteiger charge is 2.16. The van der Waals surface area contributed by atoms with Gasteiger partial charge in [0.25, 0.3) is 5.91 Å². The van der Waals surface area contributed by atoms with Crippen LogP contribution in [-0.4, -0.2) is 41.3 Å². The maximum absolute atomic E-state index is 12.1. The molecule has 1 atom stereocenters. The number of carbonyl (C=O) groups is 2. The number of rotatable bonds is 7. The van der Waals surface area contributed by atoms with Crippen molar-refractivity contribution in [1.82, 2.24) is 10.3 Å². The number of amides is 1. The molecule has 0 unspecified atom stereocenters. The number of carboxylic acids is 1. The first-order chi connectivity index (χ1) is 12.1. The van der Waals surface area contributed by atoms with Gasteiger partial charge in [0, 0.05) is 17.6 Å². The Hall–Kier alpha value is -2.45. The summed E-state index contributed by atoms with van der Waals surface area (Å²) in [5.74, 6) is -0.636. The van der Waals surface area contributed by atoms with Crippen LogP contribution in [0.1, 0.15) is 38.7 Å². The van der Waals surface area contributed by atoms with Gasteiger partial charge in [-0.3, -0.25) is 4.79 Å². The monoisotopic (exact) mass is 362 g/mol. The van der Waals surface area contributed by atoms with Crippen molar-refractivity contribution in [3.8, 4) is 5.75 Å². The van der Waals surface area contributed by atoms with Crippen molar-refractivity contribution in [3.05, 3.63) is 45.9 Å². The van der Waals surface area contributed by atoms with Gasteiger partial charge in [0.2, 0.25) is 0 Å². The molecule has 0 saturated carbocycles. The summed E-state index contributed by atoms with van der Waals surface area (Å²) < 4.78 is 11.2. The van der Waals surface area contributed by atoms with E-state index in [1.54, 1.807) is 24.3 Å². The van der Waals surface area contributed by atoms with Crippen LogP contribution in [0.4, 0.5) is 0 Å². The highest BCUT2D eigenvalue weighted by atomic mass is 32.1. The lowest BCUT2D eigenvalue weighted by molar-refractivity contribution is 0.0679. The second kappa shape index (κ2) is 8.09. The molecule has 1 amide bonds. The number of aromatic carboxylic acids is 1. The Morgan fingerprint density at radius 3 is 2.80 bits per heavy atom. The molecule has 1 aromatic heterocycles. The van der Waals surface area contributed by atoms with E-state index in [1.807, 2.05) is 0 Å². The quantitative estimate of drug-likeness (QED) is 0.784. The van der Waals surface area contributed by atoms with Crippen molar-refractivity contribution in [2.24, 2.45) is 0 Å². The molecule has 0 radical (unpaired) electrons. The second-order valence-electron chi connectivity index (χ2n) is 5.58. The van der Waals surface area contributed by atoms with Crippen molar-refractivity contribution >= 4 is 23.2 Å². The lowest BCUT2D eigenvalue weighted by atomic mass is 10.2. The van der Waals surface area contributed by atoms with E-state index in [2.05, 4.69) is 10.3 Å². The van der Waals surface area contributed by atoms with E-state index >= 15 is 0 Å². The van der Waals surface area contributed by atoms with Crippen LogP contribution in [0.15, 0.2) is 29.6 Å². The van der Waals surface area contributed by atoms with Crippen LogP contribution in [0.2, 0.25) is 0 Å². The summed E-state index contributed by atoms with van der Waals surface area (Å²) >= 11 is 1.20. The normalized spacial score (nSPS) is 16.6. The zero-order valence-corrected chi connectivity index (χ0v) is 14.3. The smallest absolute Gasteiger partial charge is 0.355 e. The van der Waals surface area contributed by atoms with E-state index in [0.29, 0.717) is 22.9 Å². The van der Waals surface area contributed by atoms with Crippen molar-refractivity contribution < 1.29 is 24.2 Å². The molecule has 1 aromatic carbocycles. The summed E-state index contributed by atoms with van der Waals surface area (Å²) in [6, 6.07) is 6.86. The van der Waals surface area contributed by atoms with Gasteiger partial charge in [-0.2, -0.15) is 0 Å². The lowest BCUT2D eigenvalue weighted by Crippen LogP contribution is -2.22. The van der Waals surface area contributed by atoms with E-state index < -0.39 is 5.97 Å². The van der Waals surface area contributed by atoms with Crippen LogP contribution in [-0.2, 0) is 11.3 Å². The number of aromatic nitrogens is 1. The molecule has 2 N–H and O–H groups in total.